The molecule has 0 atom stereocenters. The van der Waals surface area contributed by atoms with Crippen LogP contribution in [-0.4, -0.2) is 27.9 Å². The maximum absolute atomic E-state index is 13.1. The van der Waals surface area contributed by atoms with Crippen molar-refractivity contribution in [1.82, 2.24) is 15.1 Å². The number of halogens is 1. The Morgan fingerprint density at radius 3 is 2.81 bits per heavy atom. The van der Waals surface area contributed by atoms with Crippen molar-refractivity contribution < 1.29 is 9.18 Å². The summed E-state index contributed by atoms with van der Waals surface area (Å²) >= 11 is 0. The fourth-order valence-corrected chi connectivity index (χ4v) is 2.67. The van der Waals surface area contributed by atoms with E-state index in [-0.39, 0.29) is 5.91 Å². The molecule has 0 radical (unpaired) electrons. The molecule has 0 spiro atoms. The average Bonchev–Trinajstić information content (AvgIpc) is 2.96. The van der Waals surface area contributed by atoms with Crippen molar-refractivity contribution in [3.63, 3.8) is 0 Å². The molecule has 3 rings (SSSR count). The van der Waals surface area contributed by atoms with Crippen LogP contribution >= 0.6 is 0 Å². The van der Waals surface area contributed by atoms with E-state index in [4.69, 9.17) is 0 Å². The highest BCUT2D eigenvalue weighted by atomic mass is 19.1. The SMILES string of the molecule is Cc1cc(C(=O)NC2(CF)CCC2)ccc1-n1cccn1. The van der Waals surface area contributed by atoms with Gasteiger partial charge in [-0.3, -0.25) is 4.79 Å². The summed E-state index contributed by atoms with van der Waals surface area (Å²) in [5.41, 5.74) is 1.81. The van der Waals surface area contributed by atoms with Crippen LogP contribution in [0, 0.1) is 6.92 Å². The van der Waals surface area contributed by atoms with Gasteiger partial charge >= 0.3 is 0 Å². The van der Waals surface area contributed by atoms with E-state index in [1.54, 1.807) is 16.9 Å². The van der Waals surface area contributed by atoms with E-state index in [2.05, 4.69) is 10.4 Å². The first-order valence-corrected chi connectivity index (χ1v) is 7.13. The Labute approximate surface area is 123 Å². The minimum absolute atomic E-state index is 0.206. The van der Waals surface area contributed by atoms with Crippen LogP contribution in [0.4, 0.5) is 4.39 Å². The van der Waals surface area contributed by atoms with Crippen LogP contribution in [0.3, 0.4) is 0 Å². The number of carbonyl (C=O) groups excluding carboxylic acids is 1. The molecule has 1 saturated carbocycles. The first kappa shape index (κ1) is 13.8. The minimum atomic E-state index is -0.633. The van der Waals surface area contributed by atoms with E-state index in [9.17, 15) is 9.18 Å². The van der Waals surface area contributed by atoms with Crippen LogP contribution < -0.4 is 5.32 Å². The molecule has 1 aliphatic carbocycles. The molecule has 1 amide bonds. The largest absolute Gasteiger partial charge is 0.344 e. The van der Waals surface area contributed by atoms with Crippen LogP contribution in [0.15, 0.2) is 36.7 Å². The van der Waals surface area contributed by atoms with Crippen LogP contribution in [0.2, 0.25) is 0 Å². The molecule has 0 bridgehead atoms. The van der Waals surface area contributed by atoms with Crippen molar-refractivity contribution in [1.29, 1.82) is 0 Å². The van der Waals surface area contributed by atoms with E-state index in [1.165, 1.54) is 0 Å². The molecule has 1 heterocycles. The molecule has 1 aliphatic rings. The van der Waals surface area contributed by atoms with Gasteiger partial charge in [0.1, 0.15) is 6.67 Å². The fourth-order valence-electron chi connectivity index (χ4n) is 2.67. The lowest BCUT2D eigenvalue weighted by Crippen LogP contribution is -2.55. The number of hydrogen-bond acceptors (Lipinski definition) is 2. The second-order valence-electron chi connectivity index (χ2n) is 5.67. The van der Waals surface area contributed by atoms with E-state index in [0.29, 0.717) is 5.56 Å². The van der Waals surface area contributed by atoms with Crippen LogP contribution in [0.1, 0.15) is 35.2 Å². The molecule has 110 valence electrons. The van der Waals surface area contributed by atoms with Gasteiger partial charge in [-0.1, -0.05) is 0 Å². The molecule has 4 nitrogen and oxygen atoms in total. The molecule has 5 heteroatoms. The quantitative estimate of drug-likeness (QED) is 0.940. The van der Waals surface area contributed by atoms with E-state index < -0.39 is 12.2 Å². The number of alkyl halides is 1. The van der Waals surface area contributed by atoms with Gasteiger partial charge in [0.25, 0.3) is 5.91 Å². The van der Waals surface area contributed by atoms with Crippen LogP contribution in [0.25, 0.3) is 5.69 Å². The van der Waals surface area contributed by atoms with Gasteiger partial charge in [0.15, 0.2) is 0 Å². The average molecular weight is 287 g/mol. The van der Waals surface area contributed by atoms with Crippen LogP contribution in [-0.2, 0) is 0 Å². The Hall–Kier alpha value is -2.17. The third-order valence-corrected chi connectivity index (χ3v) is 4.16. The second kappa shape index (κ2) is 5.31. The summed E-state index contributed by atoms with van der Waals surface area (Å²) in [6.45, 7) is 1.44. The molecule has 2 aromatic rings. The highest BCUT2D eigenvalue weighted by molar-refractivity contribution is 5.95. The molecule has 1 aromatic carbocycles. The summed E-state index contributed by atoms with van der Waals surface area (Å²) in [6, 6.07) is 7.28. The molecule has 1 fully saturated rings. The molecule has 0 saturated heterocycles. The Balaban J connectivity index is 1.80. The fraction of sp³-hybridized carbons (Fsp3) is 0.375. The summed E-state index contributed by atoms with van der Waals surface area (Å²) in [6.07, 6.45) is 5.98. The molecule has 0 aliphatic heterocycles. The smallest absolute Gasteiger partial charge is 0.251 e. The lowest BCUT2D eigenvalue weighted by molar-refractivity contribution is 0.0774. The predicted molar refractivity (Wildman–Crippen MR) is 78.3 cm³/mol. The maximum atomic E-state index is 13.1. The van der Waals surface area contributed by atoms with Gasteiger partial charge in [-0.15, -0.1) is 0 Å². The van der Waals surface area contributed by atoms with Crippen molar-refractivity contribution >= 4 is 5.91 Å². The van der Waals surface area contributed by atoms with E-state index in [0.717, 1.165) is 30.5 Å². The van der Waals surface area contributed by atoms with Crippen molar-refractivity contribution in [3.8, 4) is 5.69 Å². The number of aromatic nitrogens is 2. The molecular weight excluding hydrogens is 269 g/mol. The topological polar surface area (TPSA) is 46.9 Å². The monoisotopic (exact) mass is 287 g/mol. The summed E-state index contributed by atoms with van der Waals surface area (Å²) in [7, 11) is 0. The van der Waals surface area contributed by atoms with Gasteiger partial charge in [-0.25, -0.2) is 9.07 Å². The lowest BCUT2D eigenvalue weighted by Gasteiger charge is -2.40. The number of rotatable bonds is 4. The number of carbonyl (C=O) groups is 1. The van der Waals surface area contributed by atoms with E-state index in [1.807, 2.05) is 31.3 Å². The number of hydrogen-bond donors (Lipinski definition) is 1. The van der Waals surface area contributed by atoms with Crippen molar-refractivity contribution in [2.24, 2.45) is 0 Å². The van der Waals surface area contributed by atoms with E-state index >= 15 is 0 Å². The zero-order valence-electron chi connectivity index (χ0n) is 12.0. The number of aryl methyl sites for hydroxylation is 1. The predicted octanol–water partition coefficient (Wildman–Crippen LogP) is 2.80. The van der Waals surface area contributed by atoms with Crippen molar-refractivity contribution in [2.45, 2.75) is 31.7 Å². The summed E-state index contributed by atoms with van der Waals surface area (Å²) < 4.78 is 14.8. The normalized spacial score (nSPS) is 16.3. The zero-order valence-corrected chi connectivity index (χ0v) is 12.0. The molecule has 21 heavy (non-hydrogen) atoms. The Bertz CT molecular complexity index is 642. The second-order valence-corrected chi connectivity index (χ2v) is 5.67. The molecule has 0 unspecified atom stereocenters. The Morgan fingerprint density at radius 1 is 1.48 bits per heavy atom. The van der Waals surface area contributed by atoms with Gasteiger partial charge in [0, 0.05) is 18.0 Å². The van der Waals surface area contributed by atoms with Gasteiger partial charge in [0.2, 0.25) is 0 Å². The maximum Gasteiger partial charge on any atom is 0.251 e. The first-order chi connectivity index (χ1) is 10.1. The highest BCUT2D eigenvalue weighted by Crippen LogP contribution is 2.32. The lowest BCUT2D eigenvalue weighted by atomic mass is 9.77. The first-order valence-electron chi connectivity index (χ1n) is 7.13. The summed E-state index contributed by atoms with van der Waals surface area (Å²) in [4.78, 5) is 12.3. The van der Waals surface area contributed by atoms with Gasteiger partial charge < -0.3 is 5.32 Å². The molecule has 1 aromatic heterocycles. The van der Waals surface area contributed by atoms with Gasteiger partial charge in [-0.2, -0.15) is 5.10 Å². The minimum Gasteiger partial charge on any atom is -0.344 e. The van der Waals surface area contributed by atoms with Gasteiger partial charge in [0.05, 0.1) is 11.2 Å². The standard InChI is InChI=1S/C16H18FN3O/c1-12-10-13(4-5-14(12)20-9-3-8-18-20)15(21)19-16(11-17)6-2-7-16/h3-5,8-10H,2,6-7,11H2,1H3,(H,19,21). The Morgan fingerprint density at radius 2 is 2.29 bits per heavy atom. The number of amides is 1. The highest BCUT2D eigenvalue weighted by Gasteiger charge is 2.38. The number of nitrogens with zero attached hydrogens (tertiary/aromatic N) is 2. The third-order valence-electron chi connectivity index (χ3n) is 4.16. The number of benzene rings is 1. The zero-order chi connectivity index (χ0) is 14.9. The van der Waals surface area contributed by atoms with Crippen molar-refractivity contribution in [2.75, 3.05) is 6.67 Å². The summed E-state index contributed by atoms with van der Waals surface area (Å²) in [5, 5.41) is 7.02. The van der Waals surface area contributed by atoms with Crippen LogP contribution in [0.5, 0.6) is 0 Å². The van der Waals surface area contributed by atoms with Gasteiger partial charge in [-0.05, 0) is 56.0 Å². The molecular formula is C16H18FN3O. The molecule has 1 N–H and O–H groups in total. The van der Waals surface area contributed by atoms with Crippen molar-refractivity contribution in [3.05, 3.63) is 47.8 Å². The number of nitrogens with one attached hydrogen (secondary N) is 1. The third kappa shape index (κ3) is 2.55. The summed E-state index contributed by atoms with van der Waals surface area (Å²) in [5.74, 6) is -0.206. The Kier molecular flexibility index (Phi) is 3.49.